The van der Waals surface area contributed by atoms with E-state index in [1.807, 2.05) is 84.9 Å². The zero-order chi connectivity index (χ0) is 17.5. The van der Waals surface area contributed by atoms with Crippen LogP contribution in [0, 0.1) is 0 Å². The van der Waals surface area contributed by atoms with Crippen LogP contribution in [0.1, 0.15) is 17.2 Å². The molecule has 0 atom stereocenters. The Kier molecular flexibility index (Phi) is 6.31. The fourth-order valence-electron chi connectivity index (χ4n) is 2.53. The van der Waals surface area contributed by atoms with E-state index < -0.39 is 0 Å². The number of nitrogens with one attached hydrogen (secondary N) is 1. The van der Waals surface area contributed by atoms with Gasteiger partial charge < -0.3 is 5.32 Å². The number of carbonyl (C=O) groups is 1. The molecule has 0 aliphatic rings. The summed E-state index contributed by atoms with van der Waals surface area (Å²) in [5, 5.41) is 3.16. The second-order valence-electron chi connectivity index (χ2n) is 5.56. The Bertz CT molecular complexity index is 767. The maximum Gasteiger partial charge on any atom is 0.231 e. The summed E-state index contributed by atoms with van der Waals surface area (Å²) in [6.07, 6.45) is 0. The van der Waals surface area contributed by atoms with Crippen LogP contribution >= 0.6 is 27.7 Å². The average molecular weight is 412 g/mol. The molecule has 0 heterocycles. The average Bonchev–Trinajstić information content (AvgIpc) is 2.67. The van der Waals surface area contributed by atoms with Crippen molar-refractivity contribution in [1.82, 2.24) is 5.32 Å². The first-order valence-electron chi connectivity index (χ1n) is 8.00. The molecule has 3 aromatic carbocycles. The van der Waals surface area contributed by atoms with Crippen molar-refractivity contribution in [3.8, 4) is 0 Å². The summed E-state index contributed by atoms with van der Waals surface area (Å²) in [6.45, 7) is 0. The van der Waals surface area contributed by atoms with Crippen molar-refractivity contribution < 1.29 is 4.79 Å². The molecule has 1 N–H and O–H groups in total. The highest BCUT2D eigenvalue weighted by Crippen LogP contribution is 2.23. The van der Waals surface area contributed by atoms with Crippen molar-refractivity contribution in [3.05, 3.63) is 101 Å². The number of carbonyl (C=O) groups excluding carboxylic acids is 1. The molecule has 0 bridgehead atoms. The van der Waals surface area contributed by atoms with Crippen LogP contribution in [-0.4, -0.2) is 11.7 Å². The van der Waals surface area contributed by atoms with Crippen LogP contribution in [0.4, 0.5) is 0 Å². The largest absolute Gasteiger partial charge is 0.344 e. The molecule has 3 rings (SSSR count). The van der Waals surface area contributed by atoms with Gasteiger partial charge in [-0.15, -0.1) is 11.8 Å². The predicted octanol–water partition coefficient (Wildman–Crippen LogP) is 5.45. The molecule has 0 saturated heterocycles. The molecule has 0 spiro atoms. The van der Waals surface area contributed by atoms with Crippen LogP contribution < -0.4 is 5.32 Å². The summed E-state index contributed by atoms with van der Waals surface area (Å²) in [5.74, 6) is 0.406. The van der Waals surface area contributed by atoms with Crippen LogP contribution in [0.2, 0.25) is 0 Å². The fourth-order valence-corrected chi connectivity index (χ4v) is 3.51. The lowest BCUT2D eigenvalue weighted by atomic mass is 9.99. The second-order valence-corrected chi connectivity index (χ2v) is 7.53. The van der Waals surface area contributed by atoms with Gasteiger partial charge in [0, 0.05) is 9.37 Å². The van der Waals surface area contributed by atoms with Crippen molar-refractivity contribution in [3.63, 3.8) is 0 Å². The van der Waals surface area contributed by atoms with Crippen LogP contribution in [0.3, 0.4) is 0 Å². The topological polar surface area (TPSA) is 29.1 Å². The van der Waals surface area contributed by atoms with Gasteiger partial charge in [-0.05, 0) is 35.4 Å². The molecule has 1 amide bonds. The Balaban J connectivity index is 1.69. The summed E-state index contributed by atoms with van der Waals surface area (Å²) in [4.78, 5) is 13.6. The molecule has 0 radical (unpaired) electrons. The number of amides is 1. The van der Waals surface area contributed by atoms with Gasteiger partial charge in [0.05, 0.1) is 11.8 Å². The molecular weight excluding hydrogens is 394 g/mol. The van der Waals surface area contributed by atoms with Gasteiger partial charge >= 0.3 is 0 Å². The number of rotatable bonds is 6. The van der Waals surface area contributed by atoms with E-state index in [0.29, 0.717) is 5.75 Å². The van der Waals surface area contributed by atoms with E-state index in [2.05, 4.69) is 21.2 Å². The predicted molar refractivity (Wildman–Crippen MR) is 108 cm³/mol. The Morgan fingerprint density at radius 2 is 1.36 bits per heavy atom. The van der Waals surface area contributed by atoms with Gasteiger partial charge in [-0.2, -0.15) is 0 Å². The van der Waals surface area contributed by atoms with E-state index in [1.54, 1.807) is 0 Å². The SMILES string of the molecule is O=C(CSc1ccc(Br)cc1)NC(c1ccccc1)c1ccccc1. The van der Waals surface area contributed by atoms with E-state index in [1.165, 1.54) is 11.8 Å². The molecule has 126 valence electrons. The fraction of sp³-hybridized carbons (Fsp3) is 0.0952. The van der Waals surface area contributed by atoms with Gasteiger partial charge in [0.15, 0.2) is 0 Å². The lowest BCUT2D eigenvalue weighted by Crippen LogP contribution is -2.30. The minimum absolute atomic E-state index is 0.0191. The minimum atomic E-state index is -0.139. The Labute approximate surface area is 160 Å². The van der Waals surface area contributed by atoms with Crippen LogP contribution in [0.25, 0.3) is 0 Å². The third-order valence-corrected chi connectivity index (χ3v) is 5.30. The van der Waals surface area contributed by atoms with E-state index in [4.69, 9.17) is 0 Å². The zero-order valence-electron chi connectivity index (χ0n) is 13.6. The minimum Gasteiger partial charge on any atom is -0.344 e. The van der Waals surface area contributed by atoms with E-state index in [9.17, 15) is 4.79 Å². The smallest absolute Gasteiger partial charge is 0.231 e. The lowest BCUT2D eigenvalue weighted by molar-refractivity contribution is -0.119. The number of hydrogen-bond donors (Lipinski definition) is 1. The maximum absolute atomic E-state index is 12.5. The van der Waals surface area contributed by atoms with Crippen molar-refractivity contribution in [2.75, 3.05) is 5.75 Å². The quantitative estimate of drug-likeness (QED) is 0.546. The van der Waals surface area contributed by atoms with Crippen LogP contribution in [0.5, 0.6) is 0 Å². The van der Waals surface area contributed by atoms with Crippen molar-refractivity contribution >= 4 is 33.6 Å². The number of benzene rings is 3. The monoisotopic (exact) mass is 411 g/mol. The van der Waals surface area contributed by atoms with Gasteiger partial charge in [-0.1, -0.05) is 76.6 Å². The molecular formula is C21H18BrNOS. The summed E-state index contributed by atoms with van der Waals surface area (Å²) in [6, 6.07) is 28.0. The third-order valence-electron chi connectivity index (χ3n) is 3.75. The van der Waals surface area contributed by atoms with Gasteiger partial charge in [0.1, 0.15) is 0 Å². The summed E-state index contributed by atoms with van der Waals surface area (Å²) >= 11 is 4.96. The second kappa shape index (κ2) is 8.88. The molecule has 2 nitrogen and oxygen atoms in total. The third kappa shape index (κ3) is 5.21. The highest BCUT2D eigenvalue weighted by atomic mass is 79.9. The van der Waals surface area contributed by atoms with Crippen molar-refractivity contribution in [2.45, 2.75) is 10.9 Å². The number of hydrogen-bond acceptors (Lipinski definition) is 2. The molecule has 0 saturated carbocycles. The molecule has 0 aromatic heterocycles. The van der Waals surface area contributed by atoms with Crippen LogP contribution in [0.15, 0.2) is 94.3 Å². The number of halogens is 1. The molecule has 3 aromatic rings. The first-order valence-corrected chi connectivity index (χ1v) is 9.78. The normalized spacial score (nSPS) is 10.6. The van der Waals surface area contributed by atoms with E-state index in [0.717, 1.165) is 20.5 Å². The standard InChI is InChI=1S/C21H18BrNOS/c22-18-11-13-19(14-12-18)25-15-20(24)23-21(16-7-3-1-4-8-16)17-9-5-2-6-10-17/h1-14,21H,15H2,(H,23,24). The van der Waals surface area contributed by atoms with Gasteiger partial charge in [-0.3, -0.25) is 4.79 Å². The van der Waals surface area contributed by atoms with Crippen molar-refractivity contribution in [2.24, 2.45) is 0 Å². The molecule has 0 aliphatic carbocycles. The Morgan fingerprint density at radius 1 is 0.840 bits per heavy atom. The first-order chi connectivity index (χ1) is 12.2. The molecule has 0 aliphatic heterocycles. The Morgan fingerprint density at radius 3 is 1.88 bits per heavy atom. The van der Waals surface area contributed by atoms with Crippen molar-refractivity contribution in [1.29, 1.82) is 0 Å². The first kappa shape index (κ1) is 17.8. The van der Waals surface area contributed by atoms with Gasteiger partial charge in [0.25, 0.3) is 0 Å². The van der Waals surface area contributed by atoms with E-state index >= 15 is 0 Å². The molecule has 4 heteroatoms. The maximum atomic E-state index is 12.5. The summed E-state index contributed by atoms with van der Waals surface area (Å²) in [5.41, 5.74) is 2.16. The summed E-state index contributed by atoms with van der Waals surface area (Å²) < 4.78 is 1.04. The molecule has 0 unspecified atom stereocenters. The van der Waals surface area contributed by atoms with E-state index in [-0.39, 0.29) is 11.9 Å². The van der Waals surface area contributed by atoms with Gasteiger partial charge in [0.2, 0.25) is 5.91 Å². The Hall–Kier alpha value is -2.04. The highest BCUT2D eigenvalue weighted by Gasteiger charge is 2.16. The number of thioether (sulfide) groups is 1. The highest BCUT2D eigenvalue weighted by molar-refractivity contribution is 9.10. The lowest BCUT2D eigenvalue weighted by Gasteiger charge is -2.20. The summed E-state index contributed by atoms with van der Waals surface area (Å²) in [7, 11) is 0. The van der Waals surface area contributed by atoms with Gasteiger partial charge in [-0.25, -0.2) is 0 Å². The van der Waals surface area contributed by atoms with Crippen LogP contribution in [-0.2, 0) is 4.79 Å². The molecule has 0 fully saturated rings. The zero-order valence-corrected chi connectivity index (χ0v) is 16.0. The molecule has 25 heavy (non-hydrogen) atoms.